The molecule has 4 rings (SSSR count). The maximum Gasteiger partial charge on any atom is 0.254 e. The molecule has 3 aromatic rings. The number of H-pyrrole nitrogens is 1. The summed E-state index contributed by atoms with van der Waals surface area (Å²) in [5.74, 6) is 1.98. The molecular weight excluding hydrogens is 454 g/mol. The van der Waals surface area contributed by atoms with Gasteiger partial charge in [0, 0.05) is 36.7 Å². The number of fused-ring (bicyclic) bond motifs is 2. The van der Waals surface area contributed by atoms with Gasteiger partial charge in [-0.05, 0) is 66.2 Å². The predicted octanol–water partition coefficient (Wildman–Crippen LogP) is 3.02. The molecule has 0 saturated heterocycles. The van der Waals surface area contributed by atoms with E-state index >= 15 is 0 Å². The van der Waals surface area contributed by atoms with Gasteiger partial charge < -0.3 is 34.1 Å². The lowest BCUT2D eigenvalue weighted by atomic mass is 9.88. The van der Waals surface area contributed by atoms with Crippen molar-refractivity contribution < 1.29 is 18.9 Å². The summed E-state index contributed by atoms with van der Waals surface area (Å²) in [7, 11) is 6.49. The van der Waals surface area contributed by atoms with Gasteiger partial charge in [-0.1, -0.05) is 0 Å². The lowest BCUT2D eigenvalue weighted by Crippen LogP contribution is -2.47. The number of rotatable bonds is 7. The van der Waals surface area contributed by atoms with Crippen LogP contribution in [0.5, 0.6) is 17.2 Å². The first-order valence-electron chi connectivity index (χ1n) is 11.0. The van der Waals surface area contributed by atoms with E-state index in [1.807, 2.05) is 36.4 Å². The van der Waals surface area contributed by atoms with Crippen LogP contribution in [0, 0.1) is 0 Å². The SMILES string of the molecule is COCCNC(=S)N1CCc2cc(OC)c(OC)cc2[C@@H]1c1cc2cc(OC)ccc2[nH]c1=O. The molecule has 8 nitrogen and oxygen atoms in total. The van der Waals surface area contributed by atoms with E-state index in [4.69, 9.17) is 31.2 Å². The van der Waals surface area contributed by atoms with Crippen LogP contribution in [0.15, 0.2) is 41.2 Å². The van der Waals surface area contributed by atoms with Crippen LogP contribution in [0.1, 0.15) is 22.7 Å². The average Bonchev–Trinajstić information content (AvgIpc) is 2.86. The maximum absolute atomic E-state index is 13.3. The molecule has 0 unspecified atom stereocenters. The Labute approximate surface area is 203 Å². The molecule has 34 heavy (non-hydrogen) atoms. The Hall–Kier alpha value is -3.30. The first-order chi connectivity index (χ1) is 16.5. The number of methoxy groups -OCH3 is 4. The molecule has 2 aromatic carbocycles. The van der Waals surface area contributed by atoms with Gasteiger partial charge in [-0.15, -0.1) is 0 Å². The minimum absolute atomic E-state index is 0.171. The topological polar surface area (TPSA) is 85.1 Å². The smallest absolute Gasteiger partial charge is 0.254 e. The maximum atomic E-state index is 13.3. The first kappa shape index (κ1) is 23.8. The summed E-state index contributed by atoms with van der Waals surface area (Å²) in [5.41, 5.74) is 3.20. The van der Waals surface area contributed by atoms with E-state index in [-0.39, 0.29) is 5.56 Å². The Kier molecular flexibility index (Phi) is 7.23. The highest BCUT2D eigenvalue weighted by atomic mass is 32.1. The van der Waals surface area contributed by atoms with Crippen LogP contribution >= 0.6 is 12.2 Å². The third-order valence-corrected chi connectivity index (χ3v) is 6.47. The lowest BCUT2D eigenvalue weighted by Gasteiger charge is -2.39. The molecule has 0 saturated carbocycles. The van der Waals surface area contributed by atoms with Crippen LogP contribution < -0.4 is 25.1 Å². The summed E-state index contributed by atoms with van der Waals surface area (Å²) in [5, 5.41) is 4.69. The van der Waals surface area contributed by atoms with E-state index in [0.29, 0.717) is 41.9 Å². The minimum atomic E-state index is -0.412. The minimum Gasteiger partial charge on any atom is -0.497 e. The molecule has 1 aromatic heterocycles. The monoisotopic (exact) mass is 483 g/mol. The number of pyridine rings is 1. The second-order valence-electron chi connectivity index (χ2n) is 7.98. The molecule has 0 amide bonds. The molecule has 9 heteroatoms. The molecule has 0 spiro atoms. The highest BCUT2D eigenvalue weighted by molar-refractivity contribution is 7.80. The Bertz CT molecular complexity index is 1260. The van der Waals surface area contributed by atoms with E-state index in [9.17, 15) is 4.79 Å². The second-order valence-corrected chi connectivity index (χ2v) is 8.37. The number of aromatic amines is 1. The molecule has 0 bridgehead atoms. The fraction of sp³-hybridized carbons (Fsp3) is 0.360. The Morgan fingerprint density at radius 1 is 1.06 bits per heavy atom. The van der Waals surface area contributed by atoms with Gasteiger partial charge in [0.15, 0.2) is 16.6 Å². The summed E-state index contributed by atoms with van der Waals surface area (Å²) in [6.45, 7) is 1.74. The lowest BCUT2D eigenvalue weighted by molar-refractivity contribution is 0.202. The van der Waals surface area contributed by atoms with Crippen LogP contribution in [-0.4, -0.2) is 63.1 Å². The standard InChI is InChI=1S/C25H29N3O5S/c1-30-10-8-26-25(34)28-9-7-15-13-21(32-3)22(33-4)14-18(15)23(28)19-12-16-11-17(31-2)5-6-20(16)27-24(19)29/h5-6,11-14,23H,7-10H2,1-4H3,(H,26,34)(H,27,29)/t23-/m1/s1. The third-order valence-electron chi connectivity index (χ3n) is 6.09. The van der Waals surface area contributed by atoms with Gasteiger partial charge in [0.05, 0.1) is 34.0 Å². The summed E-state index contributed by atoms with van der Waals surface area (Å²) in [6.07, 6.45) is 0.748. The number of aromatic nitrogens is 1. The van der Waals surface area contributed by atoms with Crippen molar-refractivity contribution in [1.29, 1.82) is 0 Å². The van der Waals surface area contributed by atoms with Gasteiger partial charge in [0.2, 0.25) is 0 Å². The molecule has 0 radical (unpaired) electrons. The molecule has 2 N–H and O–H groups in total. The van der Waals surface area contributed by atoms with Crippen molar-refractivity contribution in [3.05, 3.63) is 63.4 Å². The molecule has 0 fully saturated rings. The number of ether oxygens (including phenoxy) is 4. The molecular formula is C25H29N3O5S. The van der Waals surface area contributed by atoms with Crippen molar-refractivity contribution in [2.75, 3.05) is 48.1 Å². The Morgan fingerprint density at radius 2 is 1.82 bits per heavy atom. The highest BCUT2D eigenvalue weighted by Crippen LogP contribution is 2.40. The normalized spacial score (nSPS) is 15.1. The van der Waals surface area contributed by atoms with E-state index in [1.165, 1.54) is 0 Å². The van der Waals surface area contributed by atoms with Gasteiger partial charge in [-0.25, -0.2) is 0 Å². The number of nitrogens with one attached hydrogen (secondary N) is 2. The quantitative estimate of drug-likeness (QED) is 0.392. The summed E-state index contributed by atoms with van der Waals surface area (Å²) >= 11 is 5.75. The number of hydrogen-bond acceptors (Lipinski definition) is 6. The fourth-order valence-corrected chi connectivity index (χ4v) is 4.69. The van der Waals surface area contributed by atoms with Gasteiger partial charge >= 0.3 is 0 Å². The number of hydrogen-bond donors (Lipinski definition) is 2. The highest BCUT2D eigenvalue weighted by Gasteiger charge is 2.33. The van der Waals surface area contributed by atoms with Crippen LogP contribution in [-0.2, 0) is 11.2 Å². The van der Waals surface area contributed by atoms with Crippen LogP contribution in [0.25, 0.3) is 10.9 Å². The van der Waals surface area contributed by atoms with Gasteiger partial charge in [-0.3, -0.25) is 4.79 Å². The van der Waals surface area contributed by atoms with E-state index in [2.05, 4.69) is 15.2 Å². The zero-order chi connectivity index (χ0) is 24.2. The van der Waals surface area contributed by atoms with Crippen molar-refractivity contribution in [3.63, 3.8) is 0 Å². The van der Waals surface area contributed by atoms with E-state index in [0.717, 1.165) is 34.2 Å². The van der Waals surface area contributed by atoms with Gasteiger partial charge in [-0.2, -0.15) is 0 Å². The Balaban J connectivity index is 1.88. The zero-order valence-electron chi connectivity index (χ0n) is 19.8. The summed E-state index contributed by atoms with van der Waals surface area (Å²) in [4.78, 5) is 18.4. The van der Waals surface area contributed by atoms with Gasteiger partial charge in [0.1, 0.15) is 5.75 Å². The van der Waals surface area contributed by atoms with Crippen molar-refractivity contribution in [2.45, 2.75) is 12.5 Å². The molecule has 1 aliphatic heterocycles. The third kappa shape index (κ3) is 4.53. The van der Waals surface area contributed by atoms with E-state index < -0.39 is 6.04 Å². The number of thiocarbonyl (C=S) groups is 1. The van der Waals surface area contributed by atoms with Crippen LogP contribution in [0.2, 0.25) is 0 Å². The molecule has 180 valence electrons. The molecule has 1 atom stereocenters. The summed E-state index contributed by atoms with van der Waals surface area (Å²) in [6, 6.07) is 11.0. The fourth-order valence-electron chi connectivity index (χ4n) is 4.39. The molecule has 1 aliphatic rings. The van der Waals surface area contributed by atoms with Crippen LogP contribution in [0.4, 0.5) is 0 Å². The Morgan fingerprint density at radius 3 is 2.53 bits per heavy atom. The number of nitrogens with zero attached hydrogens (tertiary/aromatic N) is 1. The predicted molar refractivity (Wildman–Crippen MR) is 135 cm³/mol. The summed E-state index contributed by atoms with van der Waals surface area (Å²) < 4.78 is 21.6. The van der Waals surface area contributed by atoms with Crippen molar-refractivity contribution in [3.8, 4) is 17.2 Å². The van der Waals surface area contributed by atoms with Crippen molar-refractivity contribution in [1.82, 2.24) is 15.2 Å². The first-order valence-corrected chi connectivity index (χ1v) is 11.4. The second kappa shape index (κ2) is 10.3. The largest absolute Gasteiger partial charge is 0.497 e. The average molecular weight is 484 g/mol. The van der Waals surface area contributed by atoms with E-state index in [1.54, 1.807) is 28.4 Å². The van der Waals surface area contributed by atoms with Crippen molar-refractivity contribution in [2.24, 2.45) is 0 Å². The van der Waals surface area contributed by atoms with Crippen LogP contribution in [0.3, 0.4) is 0 Å². The molecule has 0 aliphatic carbocycles. The number of benzene rings is 2. The zero-order valence-corrected chi connectivity index (χ0v) is 20.6. The van der Waals surface area contributed by atoms with Crippen molar-refractivity contribution >= 4 is 28.2 Å². The molecule has 2 heterocycles. The van der Waals surface area contributed by atoms with Gasteiger partial charge in [0.25, 0.3) is 5.56 Å².